The van der Waals surface area contributed by atoms with Crippen LogP contribution in [0, 0.1) is 10.1 Å². The summed E-state index contributed by atoms with van der Waals surface area (Å²) in [4.78, 5) is 20.6. The first-order valence-corrected chi connectivity index (χ1v) is 11.0. The smallest absolute Gasteiger partial charge is 0.294 e. The third kappa shape index (κ3) is 4.85. The Labute approximate surface area is 192 Å². The van der Waals surface area contributed by atoms with Gasteiger partial charge in [0, 0.05) is 46.9 Å². The van der Waals surface area contributed by atoms with Crippen LogP contribution in [0.5, 0.6) is 0 Å². The molecule has 0 aliphatic rings. The highest BCUT2D eigenvalue weighted by atomic mass is 35.5. The van der Waals surface area contributed by atoms with Crippen LogP contribution in [0.15, 0.2) is 77.2 Å². The van der Waals surface area contributed by atoms with Crippen LogP contribution in [0.2, 0.25) is 10.0 Å². The van der Waals surface area contributed by atoms with E-state index in [0.717, 1.165) is 17.0 Å². The Bertz CT molecular complexity index is 1300. The fourth-order valence-corrected chi connectivity index (χ4v) is 4.58. The molecule has 0 saturated carbocycles. The highest BCUT2D eigenvalue weighted by molar-refractivity contribution is 7.07. The molecule has 0 unspecified atom stereocenters. The number of aromatic nitrogens is 2. The van der Waals surface area contributed by atoms with Gasteiger partial charge in [0.05, 0.1) is 15.6 Å². The van der Waals surface area contributed by atoms with E-state index in [1.165, 1.54) is 17.4 Å². The van der Waals surface area contributed by atoms with E-state index >= 15 is 0 Å². The summed E-state index contributed by atoms with van der Waals surface area (Å²) in [5.74, 6) is 0. The van der Waals surface area contributed by atoms with Crippen molar-refractivity contribution in [3.05, 3.63) is 103 Å². The van der Waals surface area contributed by atoms with Crippen LogP contribution in [-0.2, 0) is 13.0 Å². The molecule has 0 N–H and O–H groups in total. The largest absolute Gasteiger partial charge is 0.316 e. The number of benzene rings is 2. The number of hydrogen-bond donors (Lipinski definition) is 0. The Balaban J connectivity index is 1.84. The second-order valence-electron chi connectivity index (χ2n) is 6.61. The number of nitro benzene ring substituents is 1. The second-order valence-corrected chi connectivity index (χ2v) is 8.29. The third-order valence-electron chi connectivity index (χ3n) is 4.62. The number of hydrogen-bond acceptors (Lipinski definition) is 5. The van der Waals surface area contributed by atoms with Crippen molar-refractivity contribution < 1.29 is 4.92 Å². The fraction of sp³-hybridized carbons (Fsp3) is 0.0909. The van der Waals surface area contributed by atoms with Crippen molar-refractivity contribution in [1.29, 1.82) is 0 Å². The van der Waals surface area contributed by atoms with Crippen LogP contribution in [0.1, 0.15) is 5.69 Å². The Morgan fingerprint density at radius 2 is 1.90 bits per heavy atom. The summed E-state index contributed by atoms with van der Waals surface area (Å²) in [6, 6.07) is 17.5. The van der Waals surface area contributed by atoms with Crippen molar-refractivity contribution in [1.82, 2.24) is 9.55 Å². The monoisotopic (exact) mass is 470 g/mol. The molecule has 0 fully saturated rings. The van der Waals surface area contributed by atoms with E-state index in [1.54, 1.807) is 36.5 Å². The molecular weight excluding hydrogens is 455 g/mol. The van der Waals surface area contributed by atoms with Gasteiger partial charge in [-0.3, -0.25) is 15.1 Å². The zero-order chi connectivity index (χ0) is 21.8. The molecule has 2 aromatic carbocycles. The van der Waals surface area contributed by atoms with E-state index in [0.29, 0.717) is 33.5 Å². The molecular formula is C22H16Cl2N4O2S. The molecule has 0 saturated heterocycles. The Kier molecular flexibility index (Phi) is 6.46. The van der Waals surface area contributed by atoms with Crippen LogP contribution >= 0.6 is 34.5 Å². The van der Waals surface area contributed by atoms with E-state index in [9.17, 15) is 10.1 Å². The number of nitro groups is 1. The summed E-state index contributed by atoms with van der Waals surface area (Å²) in [6.07, 6.45) is 2.42. The summed E-state index contributed by atoms with van der Waals surface area (Å²) in [7, 11) is 0. The summed E-state index contributed by atoms with van der Waals surface area (Å²) in [5, 5.41) is 14.4. The number of rotatable bonds is 6. The number of halogens is 2. The summed E-state index contributed by atoms with van der Waals surface area (Å²) < 4.78 is 2.01. The Morgan fingerprint density at radius 1 is 1.10 bits per heavy atom. The Morgan fingerprint density at radius 3 is 2.65 bits per heavy atom. The maximum Gasteiger partial charge on any atom is 0.294 e. The molecule has 4 rings (SSSR count). The maximum atomic E-state index is 11.4. The minimum absolute atomic E-state index is 0.0433. The van der Waals surface area contributed by atoms with E-state index in [1.807, 2.05) is 34.2 Å². The van der Waals surface area contributed by atoms with Crippen molar-refractivity contribution in [3.8, 4) is 11.3 Å². The van der Waals surface area contributed by atoms with Gasteiger partial charge in [-0.05, 0) is 36.4 Å². The van der Waals surface area contributed by atoms with Gasteiger partial charge in [-0.25, -0.2) is 4.99 Å². The molecule has 0 atom stereocenters. The third-order valence-corrected chi connectivity index (χ3v) is 6.03. The quantitative estimate of drug-likeness (QED) is 0.245. The first-order chi connectivity index (χ1) is 15.0. The lowest BCUT2D eigenvalue weighted by molar-refractivity contribution is -0.384. The van der Waals surface area contributed by atoms with Crippen molar-refractivity contribution in [2.75, 3.05) is 0 Å². The average molecular weight is 471 g/mol. The normalized spacial score (nSPS) is 11.6. The van der Waals surface area contributed by atoms with Gasteiger partial charge in [0.2, 0.25) is 0 Å². The maximum absolute atomic E-state index is 11.4. The van der Waals surface area contributed by atoms with Gasteiger partial charge in [0.1, 0.15) is 5.69 Å². The first-order valence-electron chi connectivity index (χ1n) is 9.35. The summed E-state index contributed by atoms with van der Waals surface area (Å²) >= 11 is 13.9. The molecule has 4 aromatic rings. The molecule has 0 aliphatic carbocycles. The molecule has 0 amide bonds. The van der Waals surface area contributed by atoms with Crippen LogP contribution < -0.4 is 4.80 Å². The van der Waals surface area contributed by atoms with Gasteiger partial charge in [-0.15, -0.1) is 11.3 Å². The van der Waals surface area contributed by atoms with Gasteiger partial charge < -0.3 is 4.57 Å². The van der Waals surface area contributed by atoms with Gasteiger partial charge in [-0.2, -0.15) is 0 Å². The van der Waals surface area contributed by atoms with Gasteiger partial charge in [-0.1, -0.05) is 41.4 Å². The van der Waals surface area contributed by atoms with E-state index < -0.39 is 4.92 Å². The topological polar surface area (TPSA) is 73.3 Å². The molecule has 0 radical (unpaired) electrons. The van der Waals surface area contributed by atoms with Crippen molar-refractivity contribution in [3.63, 3.8) is 0 Å². The lowest BCUT2D eigenvalue weighted by atomic mass is 10.1. The van der Waals surface area contributed by atoms with E-state index in [4.69, 9.17) is 23.2 Å². The molecule has 2 heterocycles. The van der Waals surface area contributed by atoms with Crippen LogP contribution in [-0.4, -0.2) is 14.5 Å². The van der Waals surface area contributed by atoms with Crippen molar-refractivity contribution >= 4 is 45.9 Å². The van der Waals surface area contributed by atoms with Gasteiger partial charge in [0.25, 0.3) is 5.69 Å². The van der Waals surface area contributed by atoms with E-state index in [-0.39, 0.29) is 5.69 Å². The van der Waals surface area contributed by atoms with Crippen molar-refractivity contribution in [2.45, 2.75) is 13.0 Å². The first kappa shape index (κ1) is 21.2. The number of nitrogens with zero attached hydrogens (tertiary/aromatic N) is 4. The van der Waals surface area contributed by atoms with Gasteiger partial charge >= 0.3 is 0 Å². The highest BCUT2D eigenvalue weighted by Gasteiger charge is 2.15. The van der Waals surface area contributed by atoms with E-state index in [2.05, 4.69) is 9.98 Å². The predicted octanol–water partition coefficient (Wildman–Crippen LogP) is 6.30. The van der Waals surface area contributed by atoms with Crippen LogP contribution in [0.25, 0.3) is 11.3 Å². The number of thiazole rings is 1. The number of para-hydroxylation sites is 2. The molecule has 0 aliphatic heterocycles. The molecule has 31 heavy (non-hydrogen) atoms. The standard InChI is InChI=1S/C22H16Cl2N4O2S/c23-15-8-9-17(18(24)13-15)21-14-31-22(26-19-6-1-2-7-20(19)28(29)30)27(21)12-10-16-5-3-4-11-25-16/h1-9,11,13-14H,10,12H2. The molecule has 0 bridgehead atoms. The fourth-order valence-electron chi connectivity index (χ4n) is 3.14. The van der Waals surface area contributed by atoms with Crippen LogP contribution in [0.3, 0.4) is 0 Å². The minimum Gasteiger partial charge on any atom is -0.316 e. The zero-order valence-corrected chi connectivity index (χ0v) is 18.4. The minimum atomic E-state index is -0.429. The molecule has 6 nitrogen and oxygen atoms in total. The number of pyridine rings is 1. The predicted molar refractivity (Wildman–Crippen MR) is 124 cm³/mol. The van der Waals surface area contributed by atoms with Gasteiger partial charge in [0.15, 0.2) is 4.80 Å². The molecule has 156 valence electrons. The van der Waals surface area contributed by atoms with Crippen LogP contribution in [0.4, 0.5) is 11.4 Å². The lowest BCUT2D eigenvalue weighted by Gasteiger charge is -2.11. The SMILES string of the molecule is O=[N+]([O-])c1ccccc1N=c1scc(-c2ccc(Cl)cc2Cl)n1CCc1ccccn1. The lowest BCUT2D eigenvalue weighted by Crippen LogP contribution is -2.17. The number of aryl methyl sites for hydroxylation is 1. The highest BCUT2D eigenvalue weighted by Crippen LogP contribution is 2.31. The molecule has 9 heteroatoms. The zero-order valence-electron chi connectivity index (χ0n) is 16.1. The Hall–Kier alpha value is -3.00. The molecule has 0 spiro atoms. The summed E-state index contributed by atoms with van der Waals surface area (Å²) in [5.41, 5.74) is 2.87. The summed E-state index contributed by atoms with van der Waals surface area (Å²) in [6.45, 7) is 0.578. The second kappa shape index (κ2) is 9.43. The average Bonchev–Trinajstić information content (AvgIpc) is 3.15. The van der Waals surface area contributed by atoms with Crippen molar-refractivity contribution in [2.24, 2.45) is 4.99 Å². The molecule has 2 aromatic heterocycles.